The SMILES string of the molecule is Cc1ccccc1CC1c2ccccc2CCN1C(=O)CNCC(C)O. The van der Waals surface area contributed by atoms with Crippen molar-refractivity contribution in [3.63, 3.8) is 0 Å². The van der Waals surface area contributed by atoms with Crippen LogP contribution in [0.3, 0.4) is 0 Å². The number of aryl methyl sites for hydroxylation is 1. The minimum absolute atomic E-state index is 0.0573. The van der Waals surface area contributed by atoms with Crippen LogP contribution in [-0.2, 0) is 17.6 Å². The Morgan fingerprint density at radius 1 is 1.23 bits per heavy atom. The van der Waals surface area contributed by atoms with E-state index in [1.807, 2.05) is 4.90 Å². The standard InChI is InChI=1S/C22H28N2O2/c1-16-7-3-4-9-19(16)13-21-20-10-6-5-8-18(20)11-12-24(21)22(26)15-23-14-17(2)25/h3-10,17,21,23,25H,11-15H2,1-2H3. The molecule has 0 aliphatic carbocycles. The number of nitrogens with one attached hydrogen (secondary N) is 1. The van der Waals surface area contributed by atoms with E-state index in [1.165, 1.54) is 22.3 Å². The molecule has 0 bridgehead atoms. The number of aliphatic hydroxyl groups excluding tert-OH is 1. The van der Waals surface area contributed by atoms with Crippen LogP contribution in [0.1, 0.15) is 35.2 Å². The molecule has 0 saturated carbocycles. The van der Waals surface area contributed by atoms with Gasteiger partial charge in [0.1, 0.15) is 0 Å². The average Bonchev–Trinajstić information content (AvgIpc) is 2.63. The number of nitrogens with zero attached hydrogens (tertiary/aromatic N) is 1. The van der Waals surface area contributed by atoms with Crippen molar-refractivity contribution in [1.82, 2.24) is 10.2 Å². The second kappa shape index (κ2) is 8.47. The molecule has 2 N–H and O–H groups in total. The van der Waals surface area contributed by atoms with Crippen LogP contribution in [0.25, 0.3) is 0 Å². The normalized spacial score (nSPS) is 17.7. The largest absolute Gasteiger partial charge is 0.392 e. The first-order chi connectivity index (χ1) is 12.6. The Labute approximate surface area is 155 Å². The predicted octanol–water partition coefficient (Wildman–Crippen LogP) is 2.63. The second-order valence-electron chi connectivity index (χ2n) is 7.16. The van der Waals surface area contributed by atoms with Gasteiger partial charge >= 0.3 is 0 Å². The number of carbonyl (C=O) groups excluding carboxylic acids is 1. The molecule has 1 heterocycles. The van der Waals surface area contributed by atoms with Crippen molar-refractivity contribution in [3.8, 4) is 0 Å². The van der Waals surface area contributed by atoms with E-state index < -0.39 is 6.10 Å². The van der Waals surface area contributed by atoms with E-state index in [9.17, 15) is 9.90 Å². The molecule has 0 aromatic heterocycles. The highest BCUT2D eigenvalue weighted by Crippen LogP contribution is 2.33. The van der Waals surface area contributed by atoms with Crippen molar-refractivity contribution >= 4 is 5.91 Å². The lowest BCUT2D eigenvalue weighted by atomic mass is 9.87. The summed E-state index contributed by atoms with van der Waals surface area (Å²) >= 11 is 0. The van der Waals surface area contributed by atoms with Gasteiger partial charge in [0.05, 0.1) is 18.7 Å². The van der Waals surface area contributed by atoms with Gasteiger partial charge in [-0.25, -0.2) is 0 Å². The Morgan fingerprint density at radius 2 is 1.96 bits per heavy atom. The van der Waals surface area contributed by atoms with E-state index in [-0.39, 0.29) is 18.5 Å². The smallest absolute Gasteiger partial charge is 0.237 e. The Bertz CT molecular complexity index is 757. The van der Waals surface area contributed by atoms with Crippen molar-refractivity contribution < 1.29 is 9.90 Å². The van der Waals surface area contributed by atoms with Crippen LogP contribution in [0.5, 0.6) is 0 Å². The van der Waals surface area contributed by atoms with Crippen LogP contribution in [0.4, 0.5) is 0 Å². The van der Waals surface area contributed by atoms with Crippen molar-refractivity contribution in [1.29, 1.82) is 0 Å². The fourth-order valence-corrected chi connectivity index (χ4v) is 3.71. The first kappa shape index (κ1) is 18.6. The predicted molar refractivity (Wildman–Crippen MR) is 104 cm³/mol. The third kappa shape index (κ3) is 4.32. The molecule has 1 amide bonds. The molecule has 138 valence electrons. The maximum atomic E-state index is 12.9. The molecule has 2 aromatic rings. The summed E-state index contributed by atoms with van der Waals surface area (Å²) in [4.78, 5) is 14.9. The molecule has 2 unspecified atom stereocenters. The van der Waals surface area contributed by atoms with Gasteiger partial charge in [0.2, 0.25) is 5.91 Å². The lowest BCUT2D eigenvalue weighted by Gasteiger charge is -2.38. The van der Waals surface area contributed by atoms with Gasteiger partial charge in [-0.2, -0.15) is 0 Å². The Balaban J connectivity index is 1.83. The number of carbonyl (C=O) groups is 1. The van der Waals surface area contributed by atoms with E-state index in [1.54, 1.807) is 6.92 Å². The van der Waals surface area contributed by atoms with Gasteiger partial charge in [-0.05, 0) is 48.9 Å². The van der Waals surface area contributed by atoms with E-state index in [0.717, 1.165) is 19.4 Å². The molecule has 4 heteroatoms. The van der Waals surface area contributed by atoms with Gasteiger partial charge in [0.15, 0.2) is 0 Å². The van der Waals surface area contributed by atoms with Gasteiger partial charge in [0, 0.05) is 13.1 Å². The molecule has 0 spiro atoms. The summed E-state index contributed by atoms with van der Waals surface area (Å²) in [5.74, 6) is 0.0961. The highest BCUT2D eigenvalue weighted by Gasteiger charge is 2.30. The monoisotopic (exact) mass is 352 g/mol. The molecule has 0 fully saturated rings. The molecule has 1 aliphatic heterocycles. The summed E-state index contributed by atoms with van der Waals surface area (Å²) in [5.41, 5.74) is 5.14. The molecule has 0 saturated heterocycles. The molecule has 3 rings (SSSR count). The fourth-order valence-electron chi connectivity index (χ4n) is 3.71. The molecular formula is C22H28N2O2. The summed E-state index contributed by atoms with van der Waals surface area (Å²) in [6.45, 7) is 5.27. The number of rotatable bonds is 6. The maximum Gasteiger partial charge on any atom is 0.237 e. The molecule has 0 radical (unpaired) electrons. The molecular weight excluding hydrogens is 324 g/mol. The zero-order valence-electron chi connectivity index (χ0n) is 15.6. The summed E-state index contributed by atoms with van der Waals surface area (Å²) in [6, 6.07) is 16.9. The quantitative estimate of drug-likeness (QED) is 0.840. The second-order valence-corrected chi connectivity index (χ2v) is 7.16. The summed E-state index contributed by atoms with van der Waals surface area (Å²) < 4.78 is 0. The number of hydrogen-bond donors (Lipinski definition) is 2. The topological polar surface area (TPSA) is 52.6 Å². The van der Waals surface area contributed by atoms with Crippen molar-refractivity contribution in [2.24, 2.45) is 0 Å². The van der Waals surface area contributed by atoms with E-state index in [4.69, 9.17) is 0 Å². The maximum absolute atomic E-state index is 12.9. The minimum atomic E-state index is -0.451. The fraction of sp³-hybridized carbons (Fsp3) is 0.409. The molecule has 2 atom stereocenters. The zero-order chi connectivity index (χ0) is 18.5. The van der Waals surface area contributed by atoms with Crippen LogP contribution >= 0.6 is 0 Å². The third-order valence-corrected chi connectivity index (χ3v) is 5.12. The van der Waals surface area contributed by atoms with E-state index >= 15 is 0 Å². The minimum Gasteiger partial charge on any atom is -0.392 e. The van der Waals surface area contributed by atoms with Crippen LogP contribution in [0.15, 0.2) is 48.5 Å². The first-order valence-electron chi connectivity index (χ1n) is 9.37. The lowest BCUT2D eigenvalue weighted by molar-refractivity contribution is -0.133. The first-order valence-corrected chi connectivity index (χ1v) is 9.37. The van der Waals surface area contributed by atoms with E-state index in [2.05, 4.69) is 60.8 Å². The number of amides is 1. The van der Waals surface area contributed by atoms with Crippen LogP contribution in [0, 0.1) is 6.92 Å². The zero-order valence-corrected chi connectivity index (χ0v) is 15.6. The Hall–Kier alpha value is -2.17. The molecule has 4 nitrogen and oxygen atoms in total. The number of fused-ring (bicyclic) bond motifs is 1. The molecule has 26 heavy (non-hydrogen) atoms. The van der Waals surface area contributed by atoms with Gasteiger partial charge in [-0.1, -0.05) is 48.5 Å². The van der Waals surface area contributed by atoms with Gasteiger partial charge in [0.25, 0.3) is 0 Å². The van der Waals surface area contributed by atoms with Crippen LogP contribution in [-0.4, -0.2) is 41.7 Å². The highest BCUT2D eigenvalue weighted by atomic mass is 16.3. The number of hydrogen-bond acceptors (Lipinski definition) is 3. The van der Waals surface area contributed by atoms with Crippen LogP contribution < -0.4 is 5.32 Å². The number of aliphatic hydroxyl groups is 1. The Morgan fingerprint density at radius 3 is 2.73 bits per heavy atom. The summed E-state index contributed by atoms with van der Waals surface area (Å²) in [6.07, 6.45) is 1.27. The summed E-state index contributed by atoms with van der Waals surface area (Å²) in [5, 5.41) is 12.5. The average molecular weight is 352 g/mol. The molecule has 2 aromatic carbocycles. The van der Waals surface area contributed by atoms with Crippen LogP contribution in [0.2, 0.25) is 0 Å². The molecule has 1 aliphatic rings. The lowest BCUT2D eigenvalue weighted by Crippen LogP contribution is -2.45. The van der Waals surface area contributed by atoms with Crippen molar-refractivity contribution in [3.05, 3.63) is 70.8 Å². The van der Waals surface area contributed by atoms with E-state index in [0.29, 0.717) is 6.54 Å². The third-order valence-electron chi connectivity index (χ3n) is 5.12. The van der Waals surface area contributed by atoms with Crippen molar-refractivity contribution in [2.45, 2.75) is 38.8 Å². The Kier molecular flexibility index (Phi) is 6.07. The highest BCUT2D eigenvalue weighted by molar-refractivity contribution is 5.79. The van der Waals surface area contributed by atoms with Gasteiger partial charge in [-0.15, -0.1) is 0 Å². The van der Waals surface area contributed by atoms with Crippen molar-refractivity contribution in [2.75, 3.05) is 19.6 Å². The summed E-state index contributed by atoms with van der Waals surface area (Å²) in [7, 11) is 0. The van der Waals surface area contributed by atoms with Gasteiger partial charge < -0.3 is 15.3 Å². The number of benzene rings is 2. The van der Waals surface area contributed by atoms with Gasteiger partial charge in [-0.3, -0.25) is 4.79 Å².